The van der Waals surface area contributed by atoms with E-state index in [1.807, 2.05) is 0 Å². The molecule has 120 valence electrons. The molecule has 0 amide bonds. The monoisotopic (exact) mass is 337 g/mol. The number of carboxylic acid groups (broad SMARTS) is 1. The summed E-state index contributed by atoms with van der Waals surface area (Å²) in [6.45, 7) is 0.824. The predicted molar refractivity (Wildman–Crippen MR) is 81.8 cm³/mol. The first-order chi connectivity index (χ1) is 10.9. The molecule has 0 fully saturated rings. The number of nitrogens with one attached hydrogen (secondary N) is 2. The Kier molecular flexibility index (Phi) is 4.01. The predicted octanol–water partition coefficient (Wildman–Crippen LogP) is 2.08. The fourth-order valence-electron chi connectivity index (χ4n) is 2.23. The second-order valence-electron chi connectivity index (χ2n) is 5.02. The van der Waals surface area contributed by atoms with Crippen molar-refractivity contribution in [2.45, 2.75) is 13.1 Å². The minimum absolute atomic E-state index is 0.00171. The summed E-state index contributed by atoms with van der Waals surface area (Å²) in [6.07, 6.45) is 0. The maximum Gasteiger partial charge on any atom is 0.356 e. The minimum Gasteiger partial charge on any atom is -0.476 e. The van der Waals surface area contributed by atoms with Gasteiger partial charge in [-0.2, -0.15) is 5.10 Å². The highest BCUT2D eigenvalue weighted by Gasteiger charge is 2.11. The fourth-order valence-corrected chi connectivity index (χ4v) is 2.38. The van der Waals surface area contributed by atoms with Crippen LogP contribution in [0.4, 0.5) is 4.39 Å². The number of imidazole rings is 1. The van der Waals surface area contributed by atoms with Crippen molar-refractivity contribution >= 4 is 28.6 Å². The molecule has 1 aromatic carbocycles. The maximum atomic E-state index is 13.4. The lowest BCUT2D eigenvalue weighted by Gasteiger charge is -2.02. The van der Waals surface area contributed by atoms with E-state index in [0.29, 0.717) is 29.9 Å². The molecule has 7 nitrogen and oxygen atoms in total. The lowest BCUT2D eigenvalue weighted by atomic mass is 10.3. The van der Waals surface area contributed by atoms with Crippen LogP contribution in [-0.4, -0.2) is 30.8 Å². The number of benzene rings is 1. The standard InChI is InChI=1S/C14H13ClFN5O2/c1-21-7(2-12(20-21)14(22)23)5-17-6-13-18-10-3-8(15)9(16)4-11(10)19-13/h2-4,17H,5-6H2,1H3,(H,18,19)(H,22,23). The van der Waals surface area contributed by atoms with Gasteiger partial charge in [-0.15, -0.1) is 0 Å². The molecule has 0 aliphatic carbocycles. The lowest BCUT2D eigenvalue weighted by molar-refractivity contribution is 0.0689. The number of carbonyl (C=O) groups is 1. The van der Waals surface area contributed by atoms with Gasteiger partial charge in [0.1, 0.15) is 11.6 Å². The SMILES string of the molecule is Cn1nc(C(=O)O)cc1CNCc1nc2cc(Cl)c(F)cc2[nH]1. The zero-order chi connectivity index (χ0) is 16.6. The molecule has 0 aliphatic heterocycles. The Morgan fingerprint density at radius 2 is 2.22 bits per heavy atom. The van der Waals surface area contributed by atoms with Crippen LogP contribution in [0.3, 0.4) is 0 Å². The van der Waals surface area contributed by atoms with Crippen LogP contribution in [0.5, 0.6) is 0 Å². The van der Waals surface area contributed by atoms with Crippen molar-refractivity contribution in [2.75, 3.05) is 0 Å². The number of aromatic amines is 1. The number of rotatable bonds is 5. The van der Waals surface area contributed by atoms with E-state index < -0.39 is 11.8 Å². The number of aryl methyl sites for hydroxylation is 1. The van der Waals surface area contributed by atoms with Crippen molar-refractivity contribution in [3.8, 4) is 0 Å². The third-order valence-electron chi connectivity index (χ3n) is 3.37. The molecule has 0 bridgehead atoms. The third-order valence-corrected chi connectivity index (χ3v) is 3.66. The number of carboxylic acids is 1. The molecular formula is C14H13ClFN5O2. The average Bonchev–Trinajstić information content (AvgIpc) is 3.03. The molecule has 9 heteroatoms. The molecule has 0 aliphatic rings. The van der Waals surface area contributed by atoms with Crippen LogP contribution in [0.15, 0.2) is 18.2 Å². The second kappa shape index (κ2) is 5.98. The quantitative estimate of drug-likeness (QED) is 0.662. The largest absolute Gasteiger partial charge is 0.476 e. The van der Waals surface area contributed by atoms with Gasteiger partial charge in [0.2, 0.25) is 0 Å². The first kappa shape index (κ1) is 15.4. The Morgan fingerprint density at radius 1 is 1.43 bits per heavy atom. The maximum absolute atomic E-state index is 13.4. The van der Waals surface area contributed by atoms with Crippen LogP contribution >= 0.6 is 11.6 Å². The molecule has 0 spiro atoms. The van der Waals surface area contributed by atoms with Crippen molar-refractivity contribution in [1.82, 2.24) is 25.1 Å². The van der Waals surface area contributed by atoms with E-state index >= 15 is 0 Å². The summed E-state index contributed by atoms with van der Waals surface area (Å²) in [5.41, 5.74) is 1.88. The van der Waals surface area contributed by atoms with E-state index in [1.165, 1.54) is 22.9 Å². The number of halogens is 2. The first-order valence-corrected chi connectivity index (χ1v) is 7.12. The van der Waals surface area contributed by atoms with Crippen LogP contribution in [0.1, 0.15) is 22.0 Å². The van der Waals surface area contributed by atoms with Gasteiger partial charge in [-0.25, -0.2) is 14.2 Å². The van der Waals surface area contributed by atoms with Crippen LogP contribution in [0, 0.1) is 5.82 Å². The number of aromatic carboxylic acids is 1. The normalized spacial score (nSPS) is 11.3. The van der Waals surface area contributed by atoms with E-state index in [9.17, 15) is 9.18 Å². The third kappa shape index (κ3) is 3.17. The number of hydrogen-bond acceptors (Lipinski definition) is 4. The summed E-state index contributed by atoms with van der Waals surface area (Å²) in [4.78, 5) is 18.2. The van der Waals surface area contributed by atoms with Crippen LogP contribution in [0.25, 0.3) is 11.0 Å². The molecular weight excluding hydrogens is 325 g/mol. The molecule has 0 unspecified atom stereocenters. The highest BCUT2D eigenvalue weighted by molar-refractivity contribution is 6.31. The zero-order valence-electron chi connectivity index (χ0n) is 12.1. The van der Waals surface area contributed by atoms with Crippen molar-refractivity contribution in [2.24, 2.45) is 7.05 Å². The van der Waals surface area contributed by atoms with Gasteiger partial charge in [0.05, 0.1) is 28.3 Å². The molecule has 2 heterocycles. The summed E-state index contributed by atoms with van der Waals surface area (Å²) in [5, 5.41) is 15.9. The van der Waals surface area contributed by atoms with Gasteiger partial charge in [0.15, 0.2) is 5.69 Å². The van der Waals surface area contributed by atoms with Gasteiger partial charge < -0.3 is 15.4 Å². The van der Waals surface area contributed by atoms with Crippen LogP contribution < -0.4 is 5.32 Å². The smallest absolute Gasteiger partial charge is 0.356 e. The average molecular weight is 338 g/mol. The van der Waals surface area contributed by atoms with E-state index in [0.717, 1.165) is 5.69 Å². The van der Waals surface area contributed by atoms with Gasteiger partial charge in [-0.1, -0.05) is 11.6 Å². The van der Waals surface area contributed by atoms with Crippen molar-refractivity contribution in [3.05, 3.63) is 46.3 Å². The Balaban J connectivity index is 1.68. The van der Waals surface area contributed by atoms with Crippen molar-refractivity contribution < 1.29 is 14.3 Å². The molecule has 0 saturated heterocycles. The summed E-state index contributed by atoms with van der Waals surface area (Å²) in [6, 6.07) is 4.27. The van der Waals surface area contributed by atoms with Crippen molar-refractivity contribution in [3.63, 3.8) is 0 Å². The molecule has 3 N–H and O–H groups in total. The van der Waals surface area contributed by atoms with E-state index in [4.69, 9.17) is 16.7 Å². The number of aromatic nitrogens is 4. The second-order valence-corrected chi connectivity index (χ2v) is 5.43. The lowest BCUT2D eigenvalue weighted by Crippen LogP contribution is -2.16. The summed E-state index contributed by atoms with van der Waals surface area (Å²) in [7, 11) is 1.68. The molecule has 23 heavy (non-hydrogen) atoms. The number of nitrogens with zero attached hydrogens (tertiary/aromatic N) is 3. The molecule has 0 saturated carbocycles. The highest BCUT2D eigenvalue weighted by Crippen LogP contribution is 2.21. The Labute approximate surface area is 135 Å². The fraction of sp³-hybridized carbons (Fsp3) is 0.214. The summed E-state index contributed by atoms with van der Waals surface area (Å²) < 4.78 is 14.9. The topological polar surface area (TPSA) is 95.8 Å². The van der Waals surface area contributed by atoms with Gasteiger partial charge >= 0.3 is 5.97 Å². The van der Waals surface area contributed by atoms with E-state index in [-0.39, 0.29) is 10.7 Å². The summed E-state index contributed by atoms with van der Waals surface area (Å²) in [5.74, 6) is -0.941. The zero-order valence-corrected chi connectivity index (χ0v) is 12.9. The van der Waals surface area contributed by atoms with E-state index in [1.54, 1.807) is 7.05 Å². The molecule has 0 atom stereocenters. The first-order valence-electron chi connectivity index (χ1n) is 6.74. The number of fused-ring (bicyclic) bond motifs is 1. The molecule has 3 aromatic rings. The Morgan fingerprint density at radius 3 is 2.91 bits per heavy atom. The van der Waals surface area contributed by atoms with E-state index in [2.05, 4.69) is 20.4 Å². The van der Waals surface area contributed by atoms with Crippen LogP contribution in [0.2, 0.25) is 5.02 Å². The Hall–Kier alpha value is -2.45. The minimum atomic E-state index is -1.07. The number of H-pyrrole nitrogens is 1. The summed E-state index contributed by atoms with van der Waals surface area (Å²) >= 11 is 5.72. The van der Waals surface area contributed by atoms with Gasteiger partial charge in [-0.3, -0.25) is 4.68 Å². The Bertz CT molecular complexity index is 850. The van der Waals surface area contributed by atoms with Crippen LogP contribution in [-0.2, 0) is 20.1 Å². The van der Waals surface area contributed by atoms with Gasteiger partial charge in [0, 0.05) is 19.7 Å². The van der Waals surface area contributed by atoms with Crippen molar-refractivity contribution in [1.29, 1.82) is 0 Å². The molecule has 0 radical (unpaired) electrons. The highest BCUT2D eigenvalue weighted by atomic mass is 35.5. The molecule has 3 rings (SSSR count). The molecule has 2 aromatic heterocycles. The van der Waals surface area contributed by atoms with Gasteiger partial charge in [0.25, 0.3) is 0 Å². The van der Waals surface area contributed by atoms with Gasteiger partial charge in [-0.05, 0) is 12.1 Å². The number of hydrogen-bond donors (Lipinski definition) is 3.